The van der Waals surface area contributed by atoms with Crippen molar-refractivity contribution in [2.75, 3.05) is 13.7 Å². The lowest BCUT2D eigenvalue weighted by Crippen LogP contribution is -2.56. The Morgan fingerprint density at radius 3 is 2.17 bits per heavy atom. The minimum Gasteiger partial charge on any atom is -0.453 e. The van der Waals surface area contributed by atoms with Crippen LogP contribution in [0.4, 0.5) is 13.2 Å². The summed E-state index contributed by atoms with van der Waals surface area (Å²) >= 11 is 0. The number of amides is 3. The Labute approximate surface area is 205 Å². The average molecular weight is 506 g/mol. The zero-order valence-electron chi connectivity index (χ0n) is 19.6. The molecule has 1 fully saturated rings. The molecule has 1 N–H and O–H groups in total. The van der Waals surface area contributed by atoms with Crippen LogP contribution >= 0.6 is 0 Å². The molecule has 0 aromatic heterocycles. The molecule has 3 atom stereocenters. The Kier molecular flexibility index (Phi) is 8.13. The van der Waals surface area contributed by atoms with Gasteiger partial charge in [0.15, 0.2) is 0 Å². The Morgan fingerprint density at radius 2 is 1.64 bits per heavy atom. The van der Waals surface area contributed by atoms with E-state index in [1.165, 1.54) is 37.3 Å². The molecule has 8 nitrogen and oxygen atoms in total. The molecule has 2 aromatic rings. The van der Waals surface area contributed by atoms with E-state index in [9.17, 15) is 32.3 Å². The van der Waals surface area contributed by atoms with Crippen molar-refractivity contribution >= 4 is 23.7 Å². The van der Waals surface area contributed by atoms with Gasteiger partial charge >= 0.3 is 12.1 Å². The Bertz CT molecular complexity index is 1110. The maximum Gasteiger partial charge on any atom is 0.432 e. The number of alkyl halides is 3. The largest absolute Gasteiger partial charge is 0.453 e. The molecule has 3 amide bonds. The van der Waals surface area contributed by atoms with Crippen LogP contribution in [0.15, 0.2) is 60.7 Å². The van der Waals surface area contributed by atoms with E-state index in [-0.39, 0.29) is 18.4 Å². The quantitative estimate of drug-likeness (QED) is 0.436. The molecule has 0 radical (unpaired) electrons. The van der Waals surface area contributed by atoms with Gasteiger partial charge in [-0.2, -0.15) is 13.2 Å². The summed E-state index contributed by atoms with van der Waals surface area (Å²) < 4.78 is 53.2. The number of carbonyl (C=O) groups excluding carboxylic acids is 4. The lowest BCUT2D eigenvalue weighted by molar-refractivity contribution is -0.278. The van der Waals surface area contributed by atoms with Crippen molar-refractivity contribution in [1.82, 2.24) is 10.2 Å². The summed E-state index contributed by atoms with van der Waals surface area (Å²) in [5.74, 6) is -3.58. The van der Waals surface area contributed by atoms with Crippen LogP contribution in [0.5, 0.6) is 0 Å². The van der Waals surface area contributed by atoms with Crippen molar-refractivity contribution in [3.05, 3.63) is 71.8 Å². The predicted molar refractivity (Wildman–Crippen MR) is 120 cm³/mol. The standard InChI is InChI=1S/C25H25F3N2O6/c1-16(31)29-19-13-14-21(32)30(22(19)33)15-20(17-9-5-3-6-10-17)36-23(34)24(35-2,25(26,27)28)18-11-7-4-8-12-18/h3-12,19-20H,13-15H2,1-2H3,(H,29,31)/t19-,20+,24-/m0/s1. The normalized spacial score (nSPS) is 18.8. The van der Waals surface area contributed by atoms with E-state index in [1.54, 1.807) is 18.2 Å². The number of piperidine rings is 1. The molecule has 0 spiro atoms. The first-order chi connectivity index (χ1) is 17.0. The molecule has 0 saturated carbocycles. The zero-order valence-corrected chi connectivity index (χ0v) is 19.6. The minimum absolute atomic E-state index is 0.0818. The lowest BCUT2D eigenvalue weighted by Gasteiger charge is -2.36. The summed E-state index contributed by atoms with van der Waals surface area (Å²) in [6, 6.07) is 13.1. The van der Waals surface area contributed by atoms with E-state index in [1.807, 2.05) is 0 Å². The van der Waals surface area contributed by atoms with Crippen molar-refractivity contribution in [1.29, 1.82) is 0 Å². The van der Waals surface area contributed by atoms with E-state index < -0.39 is 59.7 Å². The molecule has 1 aliphatic rings. The third kappa shape index (κ3) is 5.40. The number of halogens is 3. The van der Waals surface area contributed by atoms with Gasteiger partial charge in [0.1, 0.15) is 12.1 Å². The number of methoxy groups -OCH3 is 1. The second-order valence-electron chi connectivity index (χ2n) is 8.19. The van der Waals surface area contributed by atoms with Crippen LogP contribution in [0, 0.1) is 0 Å². The van der Waals surface area contributed by atoms with Gasteiger partial charge in [0.25, 0.3) is 11.5 Å². The highest BCUT2D eigenvalue weighted by Gasteiger charge is 2.64. The summed E-state index contributed by atoms with van der Waals surface area (Å²) in [6.45, 7) is 0.670. The molecule has 0 unspecified atom stereocenters. The van der Waals surface area contributed by atoms with Crippen molar-refractivity contribution < 1.29 is 41.8 Å². The van der Waals surface area contributed by atoms with Crippen LogP contribution < -0.4 is 5.32 Å². The third-order valence-corrected chi connectivity index (χ3v) is 5.83. The lowest BCUT2D eigenvalue weighted by atomic mass is 9.92. The number of esters is 1. The molecule has 11 heteroatoms. The van der Waals surface area contributed by atoms with Crippen molar-refractivity contribution in [3.8, 4) is 0 Å². The average Bonchev–Trinajstić information content (AvgIpc) is 2.83. The molecule has 3 rings (SSSR count). The van der Waals surface area contributed by atoms with Gasteiger partial charge in [-0.3, -0.25) is 19.3 Å². The number of benzene rings is 2. The smallest absolute Gasteiger partial charge is 0.432 e. The van der Waals surface area contributed by atoms with Gasteiger partial charge in [0.05, 0.1) is 6.54 Å². The number of rotatable bonds is 8. The molecular formula is C25H25F3N2O6. The number of imide groups is 1. The number of likely N-dealkylation sites (tertiary alicyclic amines) is 1. The fraction of sp³-hybridized carbons (Fsp3) is 0.360. The van der Waals surface area contributed by atoms with Crippen molar-refractivity contribution in [2.45, 2.75) is 43.7 Å². The Morgan fingerprint density at radius 1 is 1.06 bits per heavy atom. The van der Waals surface area contributed by atoms with Gasteiger partial charge in [-0.05, 0) is 12.0 Å². The van der Waals surface area contributed by atoms with E-state index >= 15 is 0 Å². The first-order valence-electron chi connectivity index (χ1n) is 11.1. The molecule has 1 heterocycles. The molecule has 0 bridgehead atoms. The summed E-state index contributed by atoms with van der Waals surface area (Å²) in [4.78, 5) is 50.9. The van der Waals surface area contributed by atoms with Gasteiger partial charge in [0, 0.05) is 26.0 Å². The number of nitrogens with one attached hydrogen (secondary N) is 1. The SMILES string of the molecule is CO[C@](C(=O)O[C@H](CN1C(=O)CC[C@H](NC(C)=O)C1=O)c1ccccc1)(c1ccccc1)C(F)(F)F. The molecular weight excluding hydrogens is 481 g/mol. The topological polar surface area (TPSA) is 102 Å². The number of ether oxygens (including phenoxy) is 2. The van der Waals surface area contributed by atoms with Crippen molar-refractivity contribution in [2.24, 2.45) is 0 Å². The maximum absolute atomic E-state index is 14.3. The first kappa shape index (κ1) is 26.9. The van der Waals surface area contributed by atoms with Gasteiger partial charge < -0.3 is 14.8 Å². The minimum atomic E-state index is -5.20. The Hall–Kier alpha value is -3.73. The molecule has 1 aliphatic heterocycles. The summed E-state index contributed by atoms with van der Waals surface area (Å²) in [7, 11) is 0.745. The fourth-order valence-corrected chi connectivity index (χ4v) is 4.05. The van der Waals surface area contributed by atoms with Crippen LogP contribution in [-0.2, 0) is 34.3 Å². The van der Waals surface area contributed by atoms with Crippen LogP contribution in [-0.4, -0.2) is 54.5 Å². The zero-order chi connectivity index (χ0) is 26.5. The van der Waals surface area contributed by atoms with Gasteiger partial charge in [0.2, 0.25) is 11.8 Å². The number of carbonyl (C=O) groups is 4. The van der Waals surface area contributed by atoms with E-state index in [2.05, 4.69) is 5.32 Å². The first-order valence-corrected chi connectivity index (χ1v) is 11.1. The molecule has 192 valence electrons. The molecule has 0 aliphatic carbocycles. The second kappa shape index (κ2) is 10.9. The monoisotopic (exact) mass is 506 g/mol. The van der Waals surface area contributed by atoms with E-state index in [0.29, 0.717) is 0 Å². The molecule has 36 heavy (non-hydrogen) atoms. The predicted octanol–water partition coefficient (Wildman–Crippen LogP) is 3.03. The van der Waals surface area contributed by atoms with Crippen LogP contribution in [0.3, 0.4) is 0 Å². The maximum atomic E-state index is 14.3. The number of hydrogen-bond donors (Lipinski definition) is 1. The summed E-state index contributed by atoms with van der Waals surface area (Å²) in [6.07, 6.45) is -6.64. The Balaban J connectivity index is 1.98. The number of nitrogens with zero attached hydrogens (tertiary/aromatic N) is 1. The van der Waals surface area contributed by atoms with Gasteiger partial charge in [-0.25, -0.2) is 4.79 Å². The summed E-state index contributed by atoms with van der Waals surface area (Å²) in [5, 5.41) is 2.45. The van der Waals surface area contributed by atoms with Crippen LogP contribution in [0.2, 0.25) is 0 Å². The highest BCUT2D eigenvalue weighted by molar-refractivity contribution is 6.01. The van der Waals surface area contributed by atoms with Crippen LogP contribution in [0.1, 0.15) is 37.0 Å². The molecule has 2 aromatic carbocycles. The van der Waals surface area contributed by atoms with Gasteiger partial charge in [-0.1, -0.05) is 60.7 Å². The van der Waals surface area contributed by atoms with Crippen molar-refractivity contribution in [3.63, 3.8) is 0 Å². The van der Waals surface area contributed by atoms with Gasteiger partial charge in [-0.15, -0.1) is 0 Å². The third-order valence-electron chi connectivity index (χ3n) is 5.83. The highest BCUT2D eigenvalue weighted by Crippen LogP contribution is 2.44. The van der Waals surface area contributed by atoms with E-state index in [4.69, 9.17) is 9.47 Å². The fourth-order valence-electron chi connectivity index (χ4n) is 4.05. The number of hydrogen-bond acceptors (Lipinski definition) is 6. The highest BCUT2D eigenvalue weighted by atomic mass is 19.4. The summed E-state index contributed by atoms with van der Waals surface area (Å²) in [5.41, 5.74) is -3.68. The second-order valence-corrected chi connectivity index (χ2v) is 8.19. The van der Waals surface area contributed by atoms with Crippen LogP contribution in [0.25, 0.3) is 0 Å². The van der Waals surface area contributed by atoms with E-state index in [0.717, 1.165) is 24.1 Å². The molecule has 1 saturated heterocycles.